The number of hydrogen-bond acceptors (Lipinski definition) is 3. The molecule has 0 heterocycles. The quantitative estimate of drug-likeness (QED) is 0.842. The summed E-state index contributed by atoms with van der Waals surface area (Å²) in [6, 6.07) is 7.32. The van der Waals surface area contributed by atoms with Gasteiger partial charge in [-0.15, -0.1) is 0 Å². The van der Waals surface area contributed by atoms with E-state index in [1.165, 1.54) is 0 Å². The Morgan fingerprint density at radius 3 is 2.10 bits per heavy atom. The summed E-state index contributed by atoms with van der Waals surface area (Å²) >= 11 is 0. The lowest BCUT2D eigenvalue weighted by Crippen LogP contribution is -2.37. The summed E-state index contributed by atoms with van der Waals surface area (Å²) in [5.74, 6) is 0. The standard InChI is InChI=1S/C15H26N2O2S/c1-6-11-17(12(2)3)20(18,19)15-9-7-14(8-10-15)13(4)16-5/h7-10,12-13,16H,6,11H2,1-5H3. The summed E-state index contributed by atoms with van der Waals surface area (Å²) in [5, 5.41) is 3.14. The van der Waals surface area contributed by atoms with Gasteiger partial charge in [0.25, 0.3) is 0 Å². The topological polar surface area (TPSA) is 49.4 Å². The number of nitrogens with one attached hydrogen (secondary N) is 1. The molecular weight excluding hydrogens is 272 g/mol. The molecule has 0 aliphatic rings. The van der Waals surface area contributed by atoms with E-state index in [1.807, 2.05) is 46.9 Å². The summed E-state index contributed by atoms with van der Waals surface area (Å²) in [5.41, 5.74) is 1.08. The van der Waals surface area contributed by atoms with Gasteiger partial charge in [-0.05, 0) is 51.9 Å². The molecule has 114 valence electrons. The molecule has 20 heavy (non-hydrogen) atoms. The summed E-state index contributed by atoms with van der Waals surface area (Å²) in [6.45, 7) is 8.40. The van der Waals surface area contributed by atoms with Crippen LogP contribution in [-0.4, -0.2) is 32.4 Å². The lowest BCUT2D eigenvalue weighted by molar-refractivity contribution is 0.354. The Hall–Kier alpha value is -0.910. The molecule has 0 saturated heterocycles. The molecule has 0 bridgehead atoms. The number of rotatable bonds is 7. The molecule has 0 radical (unpaired) electrons. The van der Waals surface area contributed by atoms with Gasteiger partial charge in [-0.2, -0.15) is 4.31 Å². The molecule has 0 aliphatic heterocycles. The van der Waals surface area contributed by atoms with Crippen molar-refractivity contribution in [2.24, 2.45) is 0 Å². The van der Waals surface area contributed by atoms with Crippen LogP contribution in [0.3, 0.4) is 0 Å². The normalized spacial score (nSPS) is 13.9. The Kier molecular flexibility index (Phi) is 6.17. The van der Waals surface area contributed by atoms with Crippen molar-refractivity contribution < 1.29 is 8.42 Å². The fourth-order valence-corrected chi connectivity index (χ4v) is 3.84. The third-order valence-electron chi connectivity index (χ3n) is 3.44. The van der Waals surface area contributed by atoms with Crippen molar-refractivity contribution in [1.82, 2.24) is 9.62 Å². The molecule has 1 unspecified atom stereocenters. The number of benzene rings is 1. The van der Waals surface area contributed by atoms with Crippen LogP contribution < -0.4 is 5.32 Å². The van der Waals surface area contributed by atoms with E-state index in [0.717, 1.165) is 12.0 Å². The molecule has 1 atom stereocenters. The van der Waals surface area contributed by atoms with Gasteiger partial charge in [0.15, 0.2) is 0 Å². The third-order valence-corrected chi connectivity index (χ3v) is 5.53. The molecule has 1 aromatic rings. The molecule has 0 aliphatic carbocycles. The highest BCUT2D eigenvalue weighted by Crippen LogP contribution is 2.21. The van der Waals surface area contributed by atoms with Gasteiger partial charge in [0.05, 0.1) is 4.90 Å². The van der Waals surface area contributed by atoms with Crippen molar-refractivity contribution in [2.75, 3.05) is 13.6 Å². The van der Waals surface area contributed by atoms with Crippen molar-refractivity contribution in [3.05, 3.63) is 29.8 Å². The number of hydrogen-bond donors (Lipinski definition) is 1. The molecule has 4 nitrogen and oxygen atoms in total. The van der Waals surface area contributed by atoms with Gasteiger partial charge in [0, 0.05) is 18.6 Å². The van der Waals surface area contributed by atoms with E-state index in [9.17, 15) is 8.42 Å². The van der Waals surface area contributed by atoms with Gasteiger partial charge in [0.2, 0.25) is 10.0 Å². The molecule has 0 spiro atoms. The average molecular weight is 298 g/mol. The highest BCUT2D eigenvalue weighted by atomic mass is 32.2. The van der Waals surface area contributed by atoms with Gasteiger partial charge in [-0.1, -0.05) is 19.1 Å². The molecule has 1 N–H and O–H groups in total. The second-order valence-electron chi connectivity index (χ2n) is 5.29. The molecule has 0 amide bonds. The lowest BCUT2D eigenvalue weighted by atomic mass is 10.1. The predicted molar refractivity (Wildman–Crippen MR) is 83.2 cm³/mol. The molecule has 1 rings (SSSR count). The van der Waals surface area contributed by atoms with Gasteiger partial charge < -0.3 is 5.32 Å². The van der Waals surface area contributed by atoms with Gasteiger partial charge in [0.1, 0.15) is 0 Å². The third kappa shape index (κ3) is 3.81. The summed E-state index contributed by atoms with van der Waals surface area (Å²) in [4.78, 5) is 0.367. The first kappa shape index (κ1) is 17.1. The van der Waals surface area contributed by atoms with Crippen LogP contribution in [-0.2, 0) is 10.0 Å². The van der Waals surface area contributed by atoms with E-state index in [0.29, 0.717) is 11.4 Å². The molecular formula is C15H26N2O2S. The maximum Gasteiger partial charge on any atom is 0.243 e. The minimum atomic E-state index is -3.40. The zero-order chi connectivity index (χ0) is 15.3. The minimum absolute atomic E-state index is 0.0316. The van der Waals surface area contributed by atoms with E-state index < -0.39 is 10.0 Å². The largest absolute Gasteiger partial charge is 0.313 e. The van der Waals surface area contributed by atoms with Crippen LogP contribution in [0.15, 0.2) is 29.2 Å². The monoisotopic (exact) mass is 298 g/mol. The lowest BCUT2D eigenvalue weighted by Gasteiger charge is -2.25. The van der Waals surface area contributed by atoms with Crippen molar-refractivity contribution in [2.45, 2.75) is 51.1 Å². The Bertz CT molecular complexity index is 509. The first-order valence-corrected chi connectivity index (χ1v) is 8.57. The van der Waals surface area contributed by atoms with Gasteiger partial charge in [-0.3, -0.25) is 0 Å². The average Bonchev–Trinajstić information content (AvgIpc) is 2.43. The number of nitrogens with zero attached hydrogens (tertiary/aromatic N) is 1. The van der Waals surface area contributed by atoms with E-state index >= 15 is 0 Å². The first-order valence-electron chi connectivity index (χ1n) is 7.13. The predicted octanol–water partition coefficient (Wildman–Crippen LogP) is 2.78. The molecule has 5 heteroatoms. The molecule has 1 aromatic carbocycles. The zero-order valence-electron chi connectivity index (χ0n) is 13.1. The molecule has 0 fully saturated rings. The minimum Gasteiger partial charge on any atom is -0.313 e. The van der Waals surface area contributed by atoms with E-state index in [-0.39, 0.29) is 12.1 Å². The SMILES string of the molecule is CCCN(C(C)C)S(=O)(=O)c1ccc(C(C)NC)cc1. The van der Waals surface area contributed by atoms with Crippen LogP contribution in [0.25, 0.3) is 0 Å². The Balaban J connectivity index is 3.08. The number of sulfonamides is 1. The first-order chi connectivity index (χ1) is 9.34. The van der Waals surface area contributed by atoms with Gasteiger partial charge in [-0.25, -0.2) is 8.42 Å². The zero-order valence-corrected chi connectivity index (χ0v) is 13.9. The van der Waals surface area contributed by atoms with E-state index in [1.54, 1.807) is 16.4 Å². The van der Waals surface area contributed by atoms with Crippen LogP contribution in [0.5, 0.6) is 0 Å². The Labute approximate surface area is 123 Å². The highest BCUT2D eigenvalue weighted by molar-refractivity contribution is 7.89. The van der Waals surface area contributed by atoms with Crippen LogP contribution >= 0.6 is 0 Å². The fraction of sp³-hybridized carbons (Fsp3) is 0.600. The Morgan fingerprint density at radius 2 is 1.70 bits per heavy atom. The van der Waals surface area contributed by atoms with Crippen LogP contribution in [0.2, 0.25) is 0 Å². The Morgan fingerprint density at radius 1 is 1.15 bits per heavy atom. The van der Waals surface area contributed by atoms with E-state index in [2.05, 4.69) is 5.32 Å². The highest BCUT2D eigenvalue weighted by Gasteiger charge is 2.26. The maximum atomic E-state index is 12.6. The van der Waals surface area contributed by atoms with Crippen LogP contribution in [0, 0.1) is 0 Å². The van der Waals surface area contributed by atoms with Crippen LogP contribution in [0.4, 0.5) is 0 Å². The second kappa shape index (κ2) is 7.20. The van der Waals surface area contributed by atoms with Crippen molar-refractivity contribution in [1.29, 1.82) is 0 Å². The fourth-order valence-electron chi connectivity index (χ4n) is 2.11. The molecule has 0 saturated carbocycles. The van der Waals surface area contributed by atoms with Crippen molar-refractivity contribution in [3.63, 3.8) is 0 Å². The summed E-state index contributed by atoms with van der Waals surface area (Å²) in [6.07, 6.45) is 0.812. The second-order valence-corrected chi connectivity index (χ2v) is 7.18. The van der Waals surface area contributed by atoms with Crippen molar-refractivity contribution >= 4 is 10.0 Å². The van der Waals surface area contributed by atoms with Crippen molar-refractivity contribution in [3.8, 4) is 0 Å². The van der Waals surface area contributed by atoms with E-state index in [4.69, 9.17) is 0 Å². The maximum absolute atomic E-state index is 12.6. The summed E-state index contributed by atoms with van der Waals surface area (Å²) < 4.78 is 26.8. The van der Waals surface area contributed by atoms with Crippen LogP contribution in [0.1, 0.15) is 45.7 Å². The molecule has 0 aromatic heterocycles. The smallest absolute Gasteiger partial charge is 0.243 e. The summed E-state index contributed by atoms with van der Waals surface area (Å²) in [7, 11) is -1.51. The van der Waals surface area contributed by atoms with Gasteiger partial charge >= 0.3 is 0 Å².